The minimum Gasteiger partial charge on any atom is -0.508 e. The zero-order valence-electron chi connectivity index (χ0n) is 16.5. The summed E-state index contributed by atoms with van der Waals surface area (Å²) >= 11 is 0. The molecular formula is C23H27N3O3. The van der Waals surface area contributed by atoms with E-state index in [1.165, 1.54) is 11.1 Å². The van der Waals surface area contributed by atoms with E-state index < -0.39 is 0 Å². The van der Waals surface area contributed by atoms with Crippen LogP contribution >= 0.6 is 0 Å². The van der Waals surface area contributed by atoms with Gasteiger partial charge in [-0.15, -0.1) is 0 Å². The summed E-state index contributed by atoms with van der Waals surface area (Å²) in [7, 11) is 0. The maximum absolute atomic E-state index is 13.4. The Kier molecular flexibility index (Phi) is 5.53. The molecule has 2 aliphatic heterocycles. The number of rotatable bonds is 4. The minimum absolute atomic E-state index is 0.126. The molecule has 0 radical (unpaired) electrons. The van der Waals surface area contributed by atoms with E-state index in [4.69, 9.17) is 5.73 Å². The summed E-state index contributed by atoms with van der Waals surface area (Å²) < 4.78 is 0. The molecule has 1 fully saturated rings. The summed E-state index contributed by atoms with van der Waals surface area (Å²) in [5.41, 5.74) is 8.97. The average molecular weight is 393 g/mol. The number of aromatic hydroxyl groups is 1. The van der Waals surface area contributed by atoms with Crippen molar-refractivity contribution in [1.82, 2.24) is 9.80 Å². The molecule has 2 heterocycles. The smallest absolute Gasteiger partial charge is 0.240 e. The molecule has 0 unspecified atom stereocenters. The van der Waals surface area contributed by atoms with Crippen LogP contribution in [0.5, 0.6) is 5.75 Å². The molecule has 6 nitrogen and oxygen atoms in total. The fourth-order valence-electron chi connectivity index (χ4n) is 4.42. The van der Waals surface area contributed by atoms with E-state index >= 15 is 0 Å². The Hall–Kier alpha value is -2.86. The number of piperidine rings is 1. The van der Waals surface area contributed by atoms with Crippen LogP contribution in [0.1, 0.15) is 29.5 Å². The molecular weight excluding hydrogens is 366 g/mol. The largest absolute Gasteiger partial charge is 0.508 e. The Morgan fingerprint density at radius 1 is 1.00 bits per heavy atom. The highest BCUT2D eigenvalue weighted by Gasteiger charge is 2.36. The predicted octanol–water partition coefficient (Wildman–Crippen LogP) is 2.04. The second-order valence-corrected chi connectivity index (χ2v) is 8.06. The zero-order valence-corrected chi connectivity index (χ0v) is 16.5. The molecule has 1 atom stereocenters. The van der Waals surface area contributed by atoms with Crippen molar-refractivity contribution in [3.05, 3.63) is 65.2 Å². The normalized spacial score (nSPS) is 20.3. The lowest BCUT2D eigenvalue weighted by Gasteiger charge is -2.40. The van der Waals surface area contributed by atoms with Crippen LogP contribution in [0.2, 0.25) is 0 Å². The number of phenols is 1. The lowest BCUT2D eigenvalue weighted by molar-refractivity contribution is -0.140. The number of primary amides is 1. The van der Waals surface area contributed by atoms with Gasteiger partial charge in [-0.25, -0.2) is 0 Å². The predicted molar refractivity (Wildman–Crippen MR) is 110 cm³/mol. The molecule has 0 bridgehead atoms. The van der Waals surface area contributed by atoms with Crippen LogP contribution < -0.4 is 5.73 Å². The Morgan fingerprint density at radius 2 is 1.66 bits per heavy atom. The summed E-state index contributed by atoms with van der Waals surface area (Å²) in [5, 5.41) is 9.56. The molecule has 2 aromatic carbocycles. The van der Waals surface area contributed by atoms with Crippen LogP contribution in [0.3, 0.4) is 0 Å². The number of benzene rings is 2. The summed E-state index contributed by atoms with van der Waals surface area (Å²) in [6.45, 7) is 2.52. The van der Waals surface area contributed by atoms with Crippen molar-refractivity contribution in [2.75, 3.05) is 13.1 Å². The molecule has 2 amide bonds. The molecule has 152 valence electrons. The van der Waals surface area contributed by atoms with Crippen LogP contribution in [0.15, 0.2) is 48.5 Å². The average Bonchev–Trinajstić information content (AvgIpc) is 2.74. The van der Waals surface area contributed by atoms with Crippen LogP contribution in [0.25, 0.3) is 0 Å². The van der Waals surface area contributed by atoms with Crippen LogP contribution in [0, 0.1) is 5.92 Å². The van der Waals surface area contributed by atoms with E-state index in [9.17, 15) is 14.7 Å². The number of phenolic OH excluding ortho intramolecular Hbond substituents is 1. The van der Waals surface area contributed by atoms with E-state index in [1.807, 2.05) is 29.2 Å². The molecule has 0 aromatic heterocycles. The van der Waals surface area contributed by atoms with E-state index in [0.717, 1.165) is 5.56 Å². The minimum atomic E-state index is -0.266. The third-order valence-corrected chi connectivity index (χ3v) is 6.16. The molecule has 1 saturated heterocycles. The van der Waals surface area contributed by atoms with Crippen molar-refractivity contribution in [1.29, 1.82) is 0 Å². The summed E-state index contributed by atoms with van der Waals surface area (Å²) in [5.74, 6) is -0.0271. The number of hydrogen-bond acceptors (Lipinski definition) is 4. The molecule has 0 saturated carbocycles. The third kappa shape index (κ3) is 4.27. The highest BCUT2D eigenvalue weighted by molar-refractivity contribution is 5.83. The first kappa shape index (κ1) is 19.5. The molecule has 2 aliphatic rings. The quantitative estimate of drug-likeness (QED) is 0.832. The van der Waals surface area contributed by atoms with Gasteiger partial charge in [-0.3, -0.25) is 14.5 Å². The Morgan fingerprint density at radius 3 is 2.31 bits per heavy atom. The number of hydrogen-bond donors (Lipinski definition) is 2. The first-order chi connectivity index (χ1) is 14.0. The topological polar surface area (TPSA) is 86.9 Å². The van der Waals surface area contributed by atoms with Crippen LogP contribution in [-0.2, 0) is 29.1 Å². The number of carbonyl (C=O) groups is 2. The van der Waals surface area contributed by atoms with Crippen LogP contribution in [0.4, 0.5) is 0 Å². The number of nitrogens with zero attached hydrogens (tertiary/aromatic N) is 2. The van der Waals surface area contributed by atoms with Crippen molar-refractivity contribution in [3.63, 3.8) is 0 Å². The SMILES string of the molecule is NC(=O)C1CCN(C(=O)[C@H]2Cc3ccccc3CN2Cc2ccc(O)cc2)CC1. The lowest BCUT2D eigenvalue weighted by Crippen LogP contribution is -2.53. The van der Waals surface area contributed by atoms with Gasteiger partial charge in [0.2, 0.25) is 11.8 Å². The number of nitrogens with two attached hydrogens (primary N) is 1. The molecule has 4 rings (SSSR count). The number of fused-ring (bicyclic) bond motifs is 1. The first-order valence-corrected chi connectivity index (χ1v) is 10.2. The fraction of sp³-hybridized carbons (Fsp3) is 0.391. The molecule has 0 aliphatic carbocycles. The molecule has 2 aromatic rings. The van der Waals surface area contributed by atoms with Crippen molar-refractivity contribution >= 4 is 11.8 Å². The van der Waals surface area contributed by atoms with Crippen molar-refractivity contribution in [3.8, 4) is 5.75 Å². The Bertz CT molecular complexity index is 888. The second kappa shape index (κ2) is 8.25. The van der Waals surface area contributed by atoms with E-state index in [-0.39, 0.29) is 29.5 Å². The van der Waals surface area contributed by atoms with Gasteiger partial charge in [-0.05, 0) is 48.1 Å². The maximum Gasteiger partial charge on any atom is 0.240 e. The van der Waals surface area contributed by atoms with Crippen LogP contribution in [-0.4, -0.2) is 45.9 Å². The summed E-state index contributed by atoms with van der Waals surface area (Å²) in [4.78, 5) is 29.0. The lowest BCUT2D eigenvalue weighted by atomic mass is 9.91. The van der Waals surface area contributed by atoms with E-state index in [2.05, 4.69) is 17.0 Å². The highest BCUT2D eigenvalue weighted by Crippen LogP contribution is 2.28. The van der Waals surface area contributed by atoms with Gasteiger partial charge in [-0.2, -0.15) is 0 Å². The third-order valence-electron chi connectivity index (χ3n) is 6.16. The zero-order chi connectivity index (χ0) is 20.4. The number of carbonyl (C=O) groups excluding carboxylic acids is 2. The second-order valence-electron chi connectivity index (χ2n) is 8.06. The van der Waals surface area contributed by atoms with Crippen molar-refractivity contribution < 1.29 is 14.7 Å². The van der Waals surface area contributed by atoms with Gasteiger partial charge in [0.15, 0.2) is 0 Å². The van der Waals surface area contributed by atoms with E-state index in [0.29, 0.717) is 45.4 Å². The fourth-order valence-corrected chi connectivity index (χ4v) is 4.42. The monoisotopic (exact) mass is 393 g/mol. The number of amides is 2. The van der Waals surface area contributed by atoms with Crippen molar-refractivity contribution in [2.45, 2.75) is 38.4 Å². The van der Waals surface area contributed by atoms with Gasteiger partial charge in [0, 0.05) is 32.1 Å². The molecule has 6 heteroatoms. The standard InChI is InChI=1S/C23H27N3O3/c24-22(28)17-9-11-25(12-10-17)23(29)21-13-18-3-1-2-4-19(18)15-26(21)14-16-5-7-20(27)8-6-16/h1-8,17,21,27H,9-15H2,(H2,24,28)/t21-/m1/s1. The van der Waals surface area contributed by atoms with Gasteiger partial charge in [0.1, 0.15) is 5.75 Å². The van der Waals surface area contributed by atoms with Crippen molar-refractivity contribution in [2.24, 2.45) is 11.7 Å². The highest BCUT2D eigenvalue weighted by atomic mass is 16.3. The first-order valence-electron chi connectivity index (χ1n) is 10.2. The Labute approximate surface area is 170 Å². The summed E-state index contributed by atoms with van der Waals surface area (Å²) in [6, 6.07) is 15.2. The van der Waals surface area contributed by atoms with E-state index in [1.54, 1.807) is 12.1 Å². The molecule has 3 N–H and O–H groups in total. The van der Waals surface area contributed by atoms with Gasteiger partial charge >= 0.3 is 0 Å². The maximum atomic E-state index is 13.4. The molecule has 0 spiro atoms. The van der Waals surface area contributed by atoms with Gasteiger partial charge < -0.3 is 15.7 Å². The number of likely N-dealkylation sites (tertiary alicyclic amines) is 1. The van der Waals surface area contributed by atoms with Gasteiger partial charge in [0.25, 0.3) is 0 Å². The van der Waals surface area contributed by atoms with Gasteiger partial charge in [-0.1, -0.05) is 36.4 Å². The molecule has 29 heavy (non-hydrogen) atoms. The summed E-state index contributed by atoms with van der Waals surface area (Å²) in [6.07, 6.45) is 1.97. The van der Waals surface area contributed by atoms with Gasteiger partial charge in [0.05, 0.1) is 6.04 Å². The Balaban J connectivity index is 1.54.